The van der Waals surface area contributed by atoms with E-state index in [0.717, 1.165) is 25.9 Å². The third kappa shape index (κ3) is 4.47. The van der Waals surface area contributed by atoms with Crippen molar-refractivity contribution in [2.75, 3.05) is 19.6 Å². The van der Waals surface area contributed by atoms with Gasteiger partial charge in [-0.25, -0.2) is 0 Å². The van der Waals surface area contributed by atoms with Crippen LogP contribution in [0.15, 0.2) is 12.7 Å². The van der Waals surface area contributed by atoms with Gasteiger partial charge in [-0.05, 0) is 31.9 Å². The largest absolute Gasteiger partial charge is 0.350 e. The van der Waals surface area contributed by atoms with Crippen molar-refractivity contribution in [2.24, 2.45) is 0 Å². The topological polar surface area (TPSA) is 32.3 Å². The summed E-state index contributed by atoms with van der Waals surface area (Å²) in [4.78, 5) is 13.6. The van der Waals surface area contributed by atoms with Gasteiger partial charge in [0.1, 0.15) is 0 Å². The van der Waals surface area contributed by atoms with E-state index in [2.05, 4.69) is 23.7 Å². The van der Waals surface area contributed by atoms with E-state index in [-0.39, 0.29) is 5.91 Å². The van der Waals surface area contributed by atoms with Gasteiger partial charge in [0.2, 0.25) is 5.91 Å². The maximum Gasteiger partial charge on any atom is 0.243 e. The molecular weight excluding hydrogens is 188 g/mol. The molecule has 86 valence electrons. The van der Waals surface area contributed by atoms with Crippen molar-refractivity contribution < 1.29 is 4.79 Å². The molecule has 0 bridgehead atoms. The van der Waals surface area contributed by atoms with Crippen LogP contribution in [0.3, 0.4) is 0 Å². The molecule has 0 saturated carbocycles. The number of carbonyl (C=O) groups excluding carboxylic acids is 1. The molecule has 3 nitrogen and oxygen atoms in total. The summed E-state index contributed by atoms with van der Waals surface area (Å²) in [5, 5.41) is 2.96. The van der Waals surface area contributed by atoms with Crippen molar-refractivity contribution in [1.29, 1.82) is 0 Å². The first-order valence-electron chi connectivity index (χ1n) is 5.91. The van der Waals surface area contributed by atoms with Crippen LogP contribution < -0.4 is 5.32 Å². The highest BCUT2D eigenvalue weighted by atomic mass is 16.1. The van der Waals surface area contributed by atoms with E-state index in [1.54, 1.807) is 0 Å². The zero-order valence-electron chi connectivity index (χ0n) is 9.67. The monoisotopic (exact) mass is 210 g/mol. The Kier molecular flexibility index (Phi) is 5.40. The number of nitrogens with one attached hydrogen (secondary N) is 1. The van der Waals surface area contributed by atoms with Gasteiger partial charge >= 0.3 is 0 Å². The van der Waals surface area contributed by atoms with Gasteiger partial charge in [0.25, 0.3) is 0 Å². The van der Waals surface area contributed by atoms with E-state index in [1.165, 1.54) is 25.5 Å². The number of nitrogens with zero attached hydrogens (tertiary/aromatic N) is 1. The highest BCUT2D eigenvalue weighted by molar-refractivity contribution is 5.87. The van der Waals surface area contributed by atoms with Crippen molar-refractivity contribution >= 4 is 5.91 Å². The Labute approximate surface area is 92.5 Å². The minimum atomic E-state index is -0.0398. The summed E-state index contributed by atoms with van der Waals surface area (Å²) in [5.41, 5.74) is 0. The van der Waals surface area contributed by atoms with Crippen LogP contribution in [0.4, 0.5) is 0 Å². The van der Waals surface area contributed by atoms with Gasteiger partial charge < -0.3 is 10.2 Å². The number of likely N-dealkylation sites (tertiary alicyclic amines) is 1. The molecule has 0 spiro atoms. The maximum atomic E-state index is 11.1. The van der Waals surface area contributed by atoms with Gasteiger partial charge in [-0.1, -0.05) is 19.9 Å². The molecule has 0 aliphatic carbocycles. The number of hydrogen-bond acceptors (Lipinski definition) is 2. The number of rotatable bonds is 5. The highest BCUT2D eigenvalue weighted by Crippen LogP contribution is 2.10. The molecule has 0 aromatic heterocycles. The van der Waals surface area contributed by atoms with E-state index in [1.807, 2.05) is 0 Å². The number of amides is 1. The average Bonchev–Trinajstić information content (AvgIpc) is 2.28. The van der Waals surface area contributed by atoms with Crippen LogP contribution in [0.2, 0.25) is 0 Å². The summed E-state index contributed by atoms with van der Waals surface area (Å²) >= 11 is 0. The predicted octanol–water partition coefficient (Wildman–Crippen LogP) is 1.55. The molecule has 1 aliphatic rings. The lowest BCUT2D eigenvalue weighted by Gasteiger charge is -2.32. The first-order valence-corrected chi connectivity index (χ1v) is 5.91. The molecule has 0 aromatic carbocycles. The number of unbranched alkanes of at least 4 members (excludes halogenated alkanes) is 1. The molecule has 0 aromatic rings. The molecule has 1 N–H and O–H groups in total. The number of carbonyl (C=O) groups is 1. The molecule has 0 radical (unpaired) electrons. The fourth-order valence-corrected chi connectivity index (χ4v) is 1.94. The predicted molar refractivity (Wildman–Crippen MR) is 62.7 cm³/mol. The third-order valence-corrected chi connectivity index (χ3v) is 2.95. The third-order valence-electron chi connectivity index (χ3n) is 2.95. The lowest BCUT2D eigenvalue weighted by atomic mass is 10.0. The molecule has 15 heavy (non-hydrogen) atoms. The Balaban J connectivity index is 2.17. The first-order chi connectivity index (χ1) is 7.26. The fourth-order valence-electron chi connectivity index (χ4n) is 1.94. The Hall–Kier alpha value is -0.830. The lowest BCUT2D eigenvalue weighted by molar-refractivity contribution is -0.117. The van der Waals surface area contributed by atoms with E-state index in [9.17, 15) is 4.79 Å². The van der Waals surface area contributed by atoms with Crippen molar-refractivity contribution in [1.82, 2.24) is 10.2 Å². The normalized spacial score (nSPS) is 18.7. The summed E-state index contributed by atoms with van der Waals surface area (Å²) in [7, 11) is 0. The summed E-state index contributed by atoms with van der Waals surface area (Å²) in [6.45, 7) is 9.11. The van der Waals surface area contributed by atoms with Gasteiger partial charge in [-0.3, -0.25) is 4.79 Å². The summed E-state index contributed by atoms with van der Waals surface area (Å²) in [5.74, 6) is -0.0398. The standard InChI is InChI=1S/C12H22N2O/c1-3-5-8-14-9-6-11(7-10-14)13-12(15)4-2/h4,11H,2-3,5-10H2,1H3,(H,13,15). The molecule has 0 unspecified atom stereocenters. The van der Waals surface area contributed by atoms with Gasteiger partial charge in [-0.2, -0.15) is 0 Å². The number of piperidine rings is 1. The van der Waals surface area contributed by atoms with Crippen molar-refractivity contribution in [2.45, 2.75) is 38.6 Å². The Morgan fingerprint density at radius 2 is 2.20 bits per heavy atom. The van der Waals surface area contributed by atoms with Crippen LogP contribution in [0.25, 0.3) is 0 Å². The smallest absolute Gasteiger partial charge is 0.243 e. The maximum absolute atomic E-state index is 11.1. The quantitative estimate of drug-likeness (QED) is 0.698. The van der Waals surface area contributed by atoms with Crippen molar-refractivity contribution in [3.63, 3.8) is 0 Å². The second-order valence-corrected chi connectivity index (χ2v) is 4.18. The van der Waals surface area contributed by atoms with E-state index in [0.29, 0.717) is 6.04 Å². The minimum absolute atomic E-state index is 0.0398. The van der Waals surface area contributed by atoms with Gasteiger partial charge in [-0.15, -0.1) is 0 Å². The van der Waals surface area contributed by atoms with Crippen LogP contribution in [0, 0.1) is 0 Å². The Morgan fingerprint density at radius 3 is 2.73 bits per heavy atom. The molecular formula is C12H22N2O. The Bertz CT molecular complexity index is 208. The summed E-state index contributed by atoms with van der Waals surface area (Å²) in [6.07, 6.45) is 6.03. The molecule has 1 heterocycles. The summed E-state index contributed by atoms with van der Waals surface area (Å²) in [6, 6.07) is 0.355. The van der Waals surface area contributed by atoms with Crippen LogP contribution in [-0.2, 0) is 4.79 Å². The zero-order valence-corrected chi connectivity index (χ0v) is 9.67. The summed E-state index contributed by atoms with van der Waals surface area (Å²) < 4.78 is 0. The Morgan fingerprint density at radius 1 is 1.53 bits per heavy atom. The van der Waals surface area contributed by atoms with Crippen LogP contribution >= 0.6 is 0 Å². The number of hydrogen-bond donors (Lipinski definition) is 1. The van der Waals surface area contributed by atoms with E-state index < -0.39 is 0 Å². The molecule has 0 atom stereocenters. The van der Waals surface area contributed by atoms with Crippen LogP contribution in [0.5, 0.6) is 0 Å². The molecule has 3 heteroatoms. The molecule has 1 saturated heterocycles. The van der Waals surface area contributed by atoms with Crippen molar-refractivity contribution in [3.05, 3.63) is 12.7 Å². The lowest BCUT2D eigenvalue weighted by Crippen LogP contribution is -2.44. The van der Waals surface area contributed by atoms with Gasteiger partial charge in [0.05, 0.1) is 0 Å². The van der Waals surface area contributed by atoms with E-state index in [4.69, 9.17) is 0 Å². The zero-order chi connectivity index (χ0) is 11.1. The fraction of sp³-hybridized carbons (Fsp3) is 0.750. The molecule has 1 fully saturated rings. The molecule has 1 amide bonds. The molecule has 1 aliphatic heterocycles. The second kappa shape index (κ2) is 6.62. The van der Waals surface area contributed by atoms with Crippen LogP contribution in [0.1, 0.15) is 32.6 Å². The SMILES string of the molecule is C=CC(=O)NC1CCN(CCCC)CC1. The highest BCUT2D eigenvalue weighted by Gasteiger charge is 2.18. The average molecular weight is 210 g/mol. The minimum Gasteiger partial charge on any atom is -0.350 e. The second-order valence-electron chi connectivity index (χ2n) is 4.18. The molecule has 1 rings (SSSR count). The van der Waals surface area contributed by atoms with Gasteiger partial charge in [0, 0.05) is 19.1 Å². The van der Waals surface area contributed by atoms with E-state index >= 15 is 0 Å². The van der Waals surface area contributed by atoms with Gasteiger partial charge in [0.15, 0.2) is 0 Å². The van der Waals surface area contributed by atoms with Crippen LogP contribution in [-0.4, -0.2) is 36.5 Å². The van der Waals surface area contributed by atoms with Crippen molar-refractivity contribution in [3.8, 4) is 0 Å². The first kappa shape index (κ1) is 12.2.